The van der Waals surface area contributed by atoms with Crippen LogP contribution in [0.15, 0.2) is 54.6 Å². The largest absolute Gasteiger partial charge is 0.508 e. The lowest BCUT2D eigenvalue weighted by Crippen LogP contribution is -2.52. The SMILES string of the molecule is C[C@H]1CC=C[C@]2(C1)C[C@]1(CC[C@]3(CC[C@H](CO)C3)C1)C[C@@H]1[C@@H]3Cc4cc(O)cc(c4)Cc4ccccc4CN[C@@H](C)CSSC[C@@H](C3)C[C@@H]12. The highest BCUT2D eigenvalue weighted by Gasteiger charge is 2.61. The predicted molar refractivity (Wildman–Crippen MR) is 208 cm³/mol. The van der Waals surface area contributed by atoms with Gasteiger partial charge in [-0.15, -0.1) is 0 Å². The molecule has 3 N–H and O–H groups in total. The highest BCUT2D eigenvalue weighted by molar-refractivity contribution is 8.76. The van der Waals surface area contributed by atoms with Crippen molar-refractivity contribution in [3.05, 3.63) is 76.9 Å². The third kappa shape index (κ3) is 7.31. The minimum atomic E-state index is 0.334. The molecule has 0 saturated heterocycles. The Bertz CT molecular complexity index is 1510. The maximum absolute atomic E-state index is 11.1. The number of phenolic OH excluding ortho intramolecular Hbond substituents is 1. The molecule has 266 valence electrons. The maximum atomic E-state index is 11.1. The molecule has 3 nitrogen and oxygen atoms in total. The number of hydrogen-bond donors (Lipinski definition) is 3. The standard InChI is InChI=1S/C44H61NO2S2/c1-30-6-5-10-44(21-30)29-43(13-12-42(28-43)11-9-32(22-42)25-46)23-40-38-16-34-14-33(18-39(47)19-34)15-36-7-3-4-8-37(36)24-45-31(2)26-48-49-27-35(17-38)20-41(40)44/h3-5,7-8,10,14,18-19,30-32,35,38,40-41,45-47H,6,9,11-13,15-17,20-29H2,1-2H3/t30-,31-,32-,35-,38+,40+,41-,42-,43+,44-/m0/s1. The number of aliphatic hydroxyl groups excluding tert-OH is 1. The first-order valence-electron chi connectivity index (χ1n) is 19.9. The van der Waals surface area contributed by atoms with Crippen molar-refractivity contribution >= 4 is 21.6 Å². The Morgan fingerprint density at radius 3 is 2.53 bits per heavy atom. The van der Waals surface area contributed by atoms with Gasteiger partial charge in [-0.1, -0.05) is 71.0 Å². The lowest BCUT2D eigenvalue weighted by atomic mass is 9.44. The second-order valence-electron chi connectivity index (χ2n) is 18.4. The first-order valence-corrected chi connectivity index (χ1v) is 22.4. The summed E-state index contributed by atoms with van der Waals surface area (Å²) in [7, 11) is 4.23. The smallest absolute Gasteiger partial charge is 0.116 e. The molecular weight excluding hydrogens is 639 g/mol. The molecule has 4 bridgehead atoms. The van der Waals surface area contributed by atoms with Crippen LogP contribution in [0, 0.1) is 51.8 Å². The van der Waals surface area contributed by atoms with Crippen molar-refractivity contribution in [3.63, 3.8) is 0 Å². The van der Waals surface area contributed by atoms with Gasteiger partial charge in [-0.25, -0.2) is 0 Å². The number of benzene rings is 2. The van der Waals surface area contributed by atoms with E-state index in [-0.39, 0.29) is 0 Å². The molecule has 10 atom stereocenters. The molecule has 8 rings (SSSR count). The topological polar surface area (TPSA) is 52.5 Å². The van der Waals surface area contributed by atoms with Crippen LogP contribution in [-0.4, -0.2) is 34.4 Å². The molecule has 0 radical (unpaired) electrons. The Kier molecular flexibility index (Phi) is 10.0. The molecular formula is C44H61NO2S2. The van der Waals surface area contributed by atoms with E-state index in [2.05, 4.69) is 89.3 Å². The number of phenols is 1. The van der Waals surface area contributed by atoms with Gasteiger partial charge >= 0.3 is 0 Å². The van der Waals surface area contributed by atoms with Crippen LogP contribution in [0.2, 0.25) is 0 Å². The summed E-state index contributed by atoms with van der Waals surface area (Å²) in [6, 6.07) is 15.9. The summed E-state index contributed by atoms with van der Waals surface area (Å²) in [4.78, 5) is 0. The minimum absolute atomic E-state index is 0.334. The average Bonchev–Trinajstić information content (AvgIpc) is 3.64. The first-order chi connectivity index (χ1) is 23.7. The van der Waals surface area contributed by atoms with Gasteiger partial charge in [-0.05, 0) is 183 Å². The van der Waals surface area contributed by atoms with E-state index in [0.29, 0.717) is 46.5 Å². The molecule has 4 fully saturated rings. The van der Waals surface area contributed by atoms with Gasteiger partial charge < -0.3 is 15.5 Å². The second kappa shape index (κ2) is 14.2. The predicted octanol–water partition coefficient (Wildman–Crippen LogP) is 10.4. The molecule has 0 unspecified atom stereocenters. The minimum Gasteiger partial charge on any atom is -0.508 e. The molecule has 1 heterocycles. The molecule has 0 aromatic heterocycles. The zero-order chi connectivity index (χ0) is 33.6. The van der Waals surface area contributed by atoms with Crippen LogP contribution < -0.4 is 5.32 Å². The number of nitrogens with one attached hydrogen (secondary N) is 1. The van der Waals surface area contributed by atoms with E-state index >= 15 is 0 Å². The maximum Gasteiger partial charge on any atom is 0.116 e. The summed E-state index contributed by atoms with van der Waals surface area (Å²) in [6.45, 7) is 6.14. The second-order valence-corrected chi connectivity index (χ2v) is 21.0. The fourth-order valence-corrected chi connectivity index (χ4v) is 15.5. The van der Waals surface area contributed by atoms with Crippen molar-refractivity contribution in [3.8, 4) is 5.75 Å². The van der Waals surface area contributed by atoms with Crippen LogP contribution >= 0.6 is 21.6 Å². The average molecular weight is 700 g/mol. The molecule has 5 aliphatic carbocycles. The fraction of sp³-hybridized carbons (Fsp3) is 0.682. The van der Waals surface area contributed by atoms with Crippen molar-refractivity contribution in [2.75, 3.05) is 18.1 Å². The number of fused-ring (bicyclic) bond motifs is 8. The van der Waals surface area contributed by atoms with E-state index in [1.807, 2.05) is 6.07 Å². The number of aliphatic hydroxyl groups is 1. The highest BCUT2D eigenvalue weighted by Crippen LogP contribution is 2.71. The van der Waals surface area contributed by atoms with Crippen LogP contribution in [0.25, 0.3) is 0 Å². The molecule has 49 heavy (non-hydrogen) atoms. The van der Waals surface area contributed by atoms with Gasteiger partial charge in [0.25, 0.3) is 0 Å². The van der Waals surface area contributed by atoms with Gasteiger partial charge in [0, 0.05) is 30.7 Å². The first kappa shape index (κ1) is 34.7. The van der Waals surface area contributed by atoms with Gasteiger partial charge in [0.1, 0.15) is 5.75 Å². The molecule has 2 aromatic rings. The van der Waals surface area contributed by atoms with E-state index in [0.717, 1.165) is 48.8 Å². The van der Waals surface area contributed by atoms with Crippen LogP contribution in [0.3, 0.4) is 0 Å². The zero-order valence-corrected chi connectivity index (χ0v) is 31.8. The third-order valence-electron chi connectivity index (χ3n) is 14.6. The summed E-state index contributed by atoms with van der Waals surface area (Å²) in [5, 5.41) is 25.1. The van der Waals surface area contributed by atoms with E-state index in [1.165, 1.54) is 105 Å². The van der Waals surface area contributed by atoms with Crippen molar-refractivity contribution < 1.29 is 10.2 Å². The molecule has 5 heteroatoms. The zero-order valence-electron chi connectivity index (χ0n) is 30.2. The van der Waals surface area contributed by atoms with Gasteiger partial charge in [-0.2, -0.15) is 0 Å². The number of rotatable bonds is 1. The quantitative estimate of drug-likeness (QED) is 0.204. The number of aromatic hydroxyl groups is 1. The van der Waals surface area contributed by atoms with Crippen LogP contribution in [0.1, 0.15) is 113 Å². The van der Waals surface area contributed by atoms with Crippen LogP contribution in [0.4, 0.5) is 0 Å². The molecule has 6 aliphatic rings. The fourth-order valence-electron chi connectivity index (χ4n) is 12.8. The lowest BCUT2D eigenvalue weighted by Gasteiger charge is -2.60. The summed E-state index contributed by atoms with van der Waals surface area (Å²) >= 11 is 0. The lowest BCUT2D eigenvalue weighted by molar-refractivity contribution is -0.0842. The summed E-state index contributed by atoms with van der Waals surface area (Å²) in [5.74, 6) is 7.07. The van der Waals surface area contributed by atoms with E-state index < -0.39 is 0 Å². The Morgan fingerprint density at radius 1 is 0.878 bits per heavy atom. The van der Waals surface area contributed by atoms with Gasteiger partial charge in [0.2, 0.25) is 0 Å². The molecule has 4 saturated carbocycles. The number of hydrogen-bond acceptors (Lipinski definition) is 5. The summed E-state index contributed by atoms with van der Waals surface area (Å²) in [6.07, 6.45) is 23.6. The van der Waals surface area contributed by atoms with Crippen LogP contribution in [0.5, 0.6) is 5.75 Å². The summed E-state index contributed by atoms with van der Waals surface area (Å²) in [5.41, 5.74) is 6.60. The third-order valence-corrected chi connectivity index (χ3v) is 17.3. The van der Waals surface area contributed by atoms with Crippen molar-refractivity contribution in [2.45, 2.75) is 116 Å². The highest BCUT2D eigenvalue weighted by atomic mass is 33.1. The van der Waals surface area contributed by atoms with Crippen molar-refractivity contribution in [1.82, 2.24) is 5.32 Å². The van der Waals surface area contributed by atoms with Crippen LogP contribution in [-0.2, 0) is 19.4 Å². The Morgan fingerprint density at radius 2 is 1.69 bits per heavy atom. The van der Waals surface area contributed by atoms with Gasteiger partial charge in [0.15, 0.2) is 0 Å². The van der Waals surface area contributed by atoms with Gasteiger partial charge in [0.05, 0.1) is 0 Å². The molecule has 3 spiro atoms. The Labute approximate surface area is 304 Å². The Hall–Kier alpha value is -1.40. The monoisotopic (exact) mass is 699 g/mol. The normalized spacial score (nSPS) is 41.1. The van der Waals surface area contributed by atoms with E-state index in [1.54, 1.807) is 0 Å². The molecule has 2 aromatic carbocycles. The number of allylic oxidation sites excluding steroid dienone is 2. The Balaban J connectivity index is 1.15. The summed E-state index contributed by atoms with van der Waals surface area (Å²) < 4.78 is 0. The van der Waals surface area contributed by atoms with Crippen molar-refractivity contribution in [1.29, 1.82) is 0 Å². The van der Waals surface area contributed by atoms with E-state index in [9.17, 15) is 10.2 Å². The van der Waals surface area contributed by atoms with E-state index in [4.69, 9.17) is 0 Å². The molecule has 0 amide bonds. The molecule has 1 aliphatic heterocycles. The van der Waals surface area contributed by atoms with Crippen molar-refractivity contribution in [2.24, 2.45) is 51.8 Å². The van der Waals surface area contributed by atoms with Gasteiger partial charge in [-0.3, -0.25) is 0 Å².